The first-order valence-electron chi connectivity index (χ1n) is 13.6. The smallest absolute Gasteiger partial charge is 0.328 e. The Balaban J connectivity index is 3.43. The Labute approximate surface area is 207 Å². The van der Waals surface area contributed by atoms with Crippen molar-refractivity contribution in [2.45, 2.75) is 142 Å². The molecule has 2 N–H and O–H groups in total. The number of unbranched alkanes of at least 4 members (excludes halogenated alkanes) is 15. The lowest BCUT2D eigenvalue weighted by Crippen LogP contribution is -2.39. The molecule has 0 saturated carbocycles. The number of aliphatic hydroxyl groups is 1. The number of hydrogen-bond donors (Lipinski definition) is 2. The lowest BCUT2D eigenvalue weighted by Gasteiger charge is -2.15. The van der Waals surface area contributed by atoms with Gasteiger partial charge in [0.05, 0.1) is 0 Å². The lowest BCUT2D eigenvalue weighted by molar-refractivity contribution is -0.154. The minimum absolute atomic E-state index is 0.209. The summed E-state index contributed by atoms with van der Waals surface area (Å²) in [4.78, 5) is 34.3. The summed E-state index contributed by atoms with van der Waals surface area (Å²) in [5.74, 6) is -1.33. The number of amides is 1. The van der Waals surface area contributed by atoms with Crippen LogP contribution in [0.1, 0.15) is 130 Å². The second-order valence-electron chi connectivity index (χ2n) is 9.44. The number of carbonyl (C=O) groups excluding carboxylic acids is 3. The second kappa shape index (κ2) is 23.1. The quantitative estimate of drug-likeness (QED) is 0.144. The van der Waals surface area contributed by atoms with Gasteiger partial charge in [0.2, 0.25) is 5.91 Å². The Morgan fingerprint density at radius 3 is 1.56 bits per heavy atom. The maximum Gasteiger partial charge on any atom is 0.328 e. The number of nitrogens with one attached hydrogen (secondary N) is 1. The number of aliphatic hydroxyl groups excluding tert-OH is 1. The molecule has 0 saturated heterocycles. The molecule has 200 valence electrons. The van der Waals surface area contributed by atoms with Crippen molar-refractivity contribution in [3.8, 4) is 0 Å². The molecule has 1 unspecified atom stereocenters. The largest absolute Gasteiger partial charge is 0.463 e. The van der Waals surface area contributed by atoms with Crippen molar-refractivity contribution in [3.63, 3.8) is 0 Å². The summed E-state index contributed by atoms with van der Waals surface area (Å²) in [6.45, 7) is 4.57. The molecule has 0 heterocycles. The van der Waals surface area contributed by atoms with Gasteiger partial charge in [0.1, 0.15) is 25.4 Å². The molecule has 7 nitrogen and oxygen atoms in total. The number of esters is 2. The summed E-state index contributed by atoms with van der Waals surface area (Å²) in [6, 6.07) is -0.790. The molecule has 1 amide bonds. The maximum absolute atomic E-state index is 11.8. The predicted octanol–water partition coefficient (Wildman–Crippen LogP) is 5.61. The van der Waals surface area contributed by atoms with Crippen molar-refractivity contribution in [3.05, 3.63) is 0 Å². The van der Waals surface area contributed by atoms with Gasteiger partial charge in [-0.3, -0.25) is 9.59 Å². The molecule has 7 heteroatoms. The first-order chi connectivity index (χ1) is 16.4. The van der Waals surface area contributed by atoms with Gasteiger partial charge in [0.15, 0.2) is 0 Å². The fourth-order valence-corrected chi connectivity index (χ4v) is 3.79. The molecular formula is C27H51NO6. The van der Waals surface area contributed by atoms with Gasteiger partial charge < -0.3 is 19.9 Å². The van der Waals surface area contributed by atoms with Crippen LogP contribution in [-0.2, 0) is 23.9 Å². The molecule has 0 aromatic rings. The topological polar surface area (TPSA) is 102 Å². The molecule has 2 atom stereocenters. The molecule has 0 spiro atoms. The highest BCUT2D eigenvalue weighted by atomic mass is 16.6. The fraction of sp³-hybridized carbons (Fsp3) is 0.889. The van der Waals surface area contributed by atoms with E-state index in [9.17, 15) is 19.5 Å². The zero-order valence-corrected chi connectivity index (χ0v) is 22.1. The van der Waals surface area contributed by atoms with E-state index in [1.165, 1.54) is 97.3 Å². The van der Waals surface area contributed by atoms with Crippen molar-refractivity contribution in [1.82, 2.24) is 5.32 Å². The molecule has 0 aliphatic carbocycles. The summed E-state index contributed by atoms with van der Waals surface area (Å²) < 4.78 is 9.93. The normalized spacial score (nSPS) is 12.7. The minimum atomic E-state index is -1.08. The highest BCUT2D eigenvalue weighted by Crippen LogP contribution is 2.14. The Morgan fingerprint density at radius 2 is 1.12 bits per heavy atom. The Hall–Kier alpha value is -1.63. The van der Waals surface area contributed by atoms with Crippen LogP contribution >= 0.6 is 0 Å². The van der Waals surface area contributed by atoms with Crippen molar-refractivity contribution in [2.75, 3.05) is 13.2 Å². The van der Waals surface area contributed by atoms with E-state index in [2.05, 4.69) is 12.2 Å². The average molecular weight is 486 g/mol. The van der Waals surface area contributed by atoms with Gasteiger partial charge in [-0.15, -0.1) is 0 Å². The molecule has 0 bridgehead atoms. The van der Waals surface area contributed by atoms with E-state index in [1.807, 2.05) is 0 Å². The number of rotatable bonds is 23. The fourth-order valence-electron chi connectivity index (χ4n) is 3.79. The lowest BCUT2D eigenvalue weighted by atomic mass is 10.0. The van der Waals surface area contributed by atoms with E-state index in [1.54, 1.807) is 0 Å². The third kappa shape index (κ3) is 22.2. The van der Waals surface area contributed by atoms with Crippen LogP contribution in [0.4, 0.5) is 0 Å². The standard InChI is InChI=1S/C27H51NO6/c1-4-5-6-7-8-9-10-11-12-13-14-15-16-17-18-19-20-26(31)33-21-25(30)22-34-27(32)23(2)28-24(3)29/h23,25,30H,4-22H2,1-3H3,(H,28,29)/t23-,25?/m1/s1. The predicted molar refractivity (Wildman–Crippen MR) is 135 cm³/mol. The van der Waals surface area contributed by atoms with Gasteiger partial charge in [0, 0.05) is 13.3 Å². The molecule has 0 aromatic carbocycles. The van der Waals surface area contributed by atoms with Gasteiger partial charge in [-0.25, -0.2) is 4.79 Å². The molecular weight excluding hydrogens is 434 g/mol. The first kappa shape index (κ1) is 32.4. The van der Waals surface area contributed by atoms with Gasteiger partial charge in [-0.05, 0) is 13.3 Å². The van der Waals surface area contributed by atoms with E-state index >= 15 is 0 Å². The summed E-state index contributed by atoms with van der Waals surface area (Å²) >= 11 is 0. The number of ether oxygens (including phenoxy) is 2. The Kier molecular flexibility index (Phi) is 22.0. The van der Waals surface area contributed by atoms with E-state index in [-0.39, 0.29) is 25.1 Å². The first-order valence-corrected chi connectivity index (χ1v) is 13.6. The monoisotopic (exact) mass is 485 g/mol. The van der Waals surface area contributed by atoms with E-state index in [4.69, 9.17) is 9.47 Å². The van der Waals surface area contributed by atoms with Crippen LogP contribution < -0.4 is 5.32 Å². The summed E-state index contributed by atoms with van der Waals surface area (Å²) in [6.07, 6.45) is 19.8. The summed E-state index contributed by atoms with van der Waals surface area (Å²) in [7, 11) is 0. The third-order valence-corrected chi connectivity index (χ3v) is 5.86. The van der Waals surface area contributed by atoms with Gasteiger partial charge >= 0.3 is 11.9 Å². The van der Waals surface area contributed by atoms with Gasteiger partial charge in [-0.1, -0.05) is 103 Å². The van der Waals surface area contributed by atoms with Crippen LogP contribution in [0.3, 0.4) is 0 Å². The Bertz CT molecular complexity index is 525. The number of carbonyl (C=O) groups is 3. The van der Waals surface area contributed by atoms with Crippen LogP contribution in [0, 0.1) is 0 Å². The van der Waals surface area contributed by atoms with Crippen LogP contribution in [0.5, 0.6) is 0 Å². The van der Waals surface area contributed by atoms with E-state index < -0.39 is 18.1 Å². The van der Waals surface area contributed by atoms with Crippen LogP contribution in [0.25, 0.3) is 0 Å². The highest BCUT2D eigenvalue weighted by molar-refractivity contribution is 5.82. The minimum Gasteiger partial charge on any atom is -0.463 e. The summed E-state index contributed by atoms with van der Waals surface area (Å²) in [5.41, 5.74) is 0. The molecule has 0 radical (unpaired) electrons. The number of hydrogen-bond acceptors (Lipinski definition) is 6. The molecule has 0 aliphatic rings. The third-order valence-electron chi connectivity index (χ3n) is 5.86. The van der Waals surface area contributed by atoms with Gasteiger partial charge in [-0.2, -0.15) is 0 Å². The van der Waals surface area contributed by atoms with Crippen molar-refractivity contribution < 1.29 is 29.0 Å². The second-order valence-corrected chi connectivity index (χ2v) is 9.44. The highest BCUT2D eigenvalue weighted by Gasteiger charge is 2.17. The van der Waals surface area contributed by atoms with E-state index in [0.717, 1.165) is 19.3 Å². The zero-order chi connectivity index (χ0) is 25.4. The maximum atomic E-state index is 11.8. The van der Waals surface area contributed by atoms with Crippen molar-refractivity contribution >= 4 is 17.8 Å². The molecule has 0 rings (SSSR count). The van der Waals surface area contributed by atoms with Gasteiger partial charge in [0.25, 0.3) is 0 Å². The zero-order valence-electron chi connectivity index (χ0n) is 22.1. The SMILES string of the molecule is CCCCCCCCCCCCCCCCCCC(=O)OCC(O)COC(=O)[C@@H](C)NC(C)=O. The Morgan fingerprint density at radius 1 is 0.706 bits per heavy atom. The molecule has 0 aliphatic heterocycles. The molecule has 0 fully saturated rings. The van der Waals surface area contributed by atoms with E-state index in [0.29, 0.717) is 6.42 Å². The van der Waals surface area contributed by atoms with Crippen LogP contribution in [0.15, 0.2) is 0 Å². The van der Waals surface area contributed by atoms with Crippen LogP contribution in [0.2, 0.25) is 0 Å². The van der Waals surface area contributed by atoms with Crippen molar-refractivity contribution in [2.24, 2.45) is 0 Å². The summed E-state index contributed by atoms with van der Waals surface area (Å²) in [5, 5.41) is 12.2. The average Bonchev–Trinajstić information content (AvgIpc) is 2.80. The van der Waals surface area contributed by atoms with Crippen molar-refractivity contribution in [1.29, 1.82) is 0 Å². The molecule has 0 aromatic heterocycles. The molecule has 34 heavy (non-hydrogen) atoms. The van der Waals surface area contributed by atoms with Crippen LogP contribution in [-0.4, -0.2) is 48.3 Å².